The summed E-state index contributed by atoms with van der Waals surface area (Å²) in [5.41, 5.74) is 2.37. The molecule has 4 heteroatoms. The van der Waals surface area contributed by atoms with Gasteiger partial charge in [0.2, 0.25) is 0 Å². The Morgan fingerprint density at radius 2 is 2.22 bits per heavy atom. The average molecular weight is 267 g/mol. The van der Waals surface area contributed by atoms with E-state index in [1.807, 2.05) is 18.0 Å². The lowest BCUT2D eigenvalue weighted by Crippen LogP contribution is -2.33. The van der Waals surface area contributed by atoms with Crippen molar-refractivity contribution in [3.05, 3.63) is 24.0 Å². The summed E-state index contributed by atoms with van der Waals surface area (Å²) in [6.45, 7) is 6.18. The number of nitrogens with zero attached hydrogens (tertiary/aromatic N) is 2. The first kappa shape index (κ1) is 15.3. The van der Waals surface area contributed by atoms with Crippen LogP contribution in [0.3, 0.4) is 0 Å². The van der Waals surface area contributed by atoms with Gasteiger partial charge in [0.05, 0.1) is 5.69 Å². The molecule has 102 valence electrons. The fraction of sp³-hybridized carbons (Fsp3) is 0.643. The van der Waals surface area contributed by atoms with Crippen LogP contribution < -0.4 is 10.2 Å². The van der Waals surface area contributed by atoms with Crippen LogP contribution in [0.5, 0.6) is 0 Å². The van der Waals surface area contributed by atoms with Gasteiger partial charge in [-0.05, 0) is 31.4 Å². The van der Waals surface area contributed by atoms with Crippen molar-refractivity contribution in [2.24, 2.45) is 0 Å². The SMILES string of the molecule is CCNCc1cc(N(C)C(CC)CSC)ccn1. The molecule has 1 heterocycles. The lowest BCUT2D eigenvalue weighted by Gasteiger charge is -2.29. The molecule has 0 aromatic carbocycles. The lowest BCUT2D eigenvalue weighted by atomic mass is 10.2. The Balaban J connectivity index is 2.74. The first-order chi connectivity index (χ1) is 8.72. The maximum absolute atomic E-state index is 4.40. The van der Waals surface area contributed by atoms with Crippen molar-refractivity contribution in [2.75, 3.05) is 30.5 Å². The number of rotatable bonds is 8. The van der Waals surface area contributed by atoms with Crippen molar-refractivity contribution in [3.8, 4) is 0 Å². The number of nitrogens with one attached hydrogen (secondary N) is 1. The molecule has 0 amide bonds. The van der Waals surface area contributed by atoms with Gasteiger partial charge in [-0.15, -0.1) is 0 Å². The smallest absolute Gasteiger partial charge is 0.0562 e. The molecular weight excluding hydrogens is 242 g/mol. The van der Waals surface area contributed by atoms with E-state index in [0.717, 1.165) is 24.5 Å². The van der Waals surface area contributed by atoms with Gasteiger partial charge >= 0.3 is 0 Å². The largest absolute Gasteiger partial charge is 0.371 e. The van der Waals surface area contributed by atoms with E-state index in [9.17, 15) is 0 Å². The Labute approximate surface area is 115 Å². The number of aromatic nitrogens is 1. The predicted octanol–water partition coefficient (Wildman–Crippen LogP) is 2.77. The van der Waals surface area contributed by atoms with Crippen molar-refractivity contribution >= 4 is 17.4 Å². The second kappa shape index (κ2) is 8.38. The van der Waals surface area contributed by atoms with Gasteiger partial charge in [-0.2, -0.15) is 11.8 Å². The van der Waals surface area contributed by atoms with E-state index in [1.54, 1.807) is 0 Å². The highest BCUT2D eigenvalue weighted by Crippen LogP contribution is 2.19. The summed E-state index contributed by atoms with van der Waals surface area (Å²) in [5.74, 6) is 1.16. The highest BCUT2D eigenvalue weighted by atomic mass is 32.2. The number of hydrogen-bond donors (Lipinski definition) is 1. The summed E-state index contributed by atoms with van der Waals surface area (Å²) in [6.07, 6.45) is 5.24. The summed E-state index contributed by atoms with van der Waals surface area (Å²) in [5, 5.41) is 3.31. The predicted molar refractivity (Wildman–Crippen MR) is 82.5 cm³/mol. The lowest BCUT2D eigenvalue weighted by molar-refractivity contribution is 0.669. The van der Waals surface area contributed by atoms with E-state index in [1.165, 1.54) is 12.1 Å². The van der Waals surface area contributed by atoms with Crippen LogP contribution in [0.15, 0.2) is 18.3 Å². The molecule has 0 fully saturated rings. The van der Waals surface area contributed by atoms with Crippen LogP contribution in [0.25, 0.3) is 0 Å². The van der Waals surface area contributed by atoms with E-state index < -0.39 is 0 Å². The molecule has 1 N–H and O–H groups in total. The van der Waals surface area contributed by atoms with Crippen molar-refractivity contribution in [3.63, 3.8) is 0 Å². The van der Waals surface area contributed by atoms with Crippen LogP contribution in [-0.4, -0.2) is 36.6 Å². The summed E-state index contributed by atoms with van der Waals surface area (Å²) in [4.78, 5) is 6.76. The second-order valence-corrected chi connectivity index (χ2v) is 5.32. The third-order valence-corrected chi connectivity index (χ3v) is 3.86. The van der Waals surface area contributed by atoms with Gasteiger partial charge in [0.25, 0.3) is 0 Å². The third kappa shape index (κ3) is 4.50. The second-order valence-electron chi connectivity index (χ2n) is 4.41. The maximum Gasteiger partial charge on any atom is 0.0562 e. The molecule has 1 aromatic heterocycles. The zero-order chi connectivity index (χ0) is 13.4. The zero-order valence-corrected chi connectivity index (χ0v) is 12.8. The highest BCUT2D eigenvalue weighted by molar-refractivity contribution is 7.98. The Bertz CT molecular complexity index is 344. The fourth-order valence-electron chi connectivity index (χ4n) is 1.94. The molecule has 1 rings (SSSR count). The summed E-state index contributed by atoms with van der Waals surface area (Å²) >= 11 is 1.91. The molecule has 0 radical (unpaired) electrons. The minimum atomic E-state index is 0.592. The standard InChI is InChI=1S/C14H25N3S/c1-5-13(11-18-4)17(3)14-7-8-16-12(9-14)10-15-6-2/h7-9,13,15H,5-6,10-11H2,1-4H3. The molecule has 3 nitrogen and oxygen atoms in total. The highest BCUT2D eigenvalue weighted by Gasteiger charge is 2.13. The van der Waals surface area contributed by atoms with Crippen LogP contribution in [0.1, 0.15) is 26.0 Å². The number of hydrogen-bond acceptors (Lipinski definition) is 4. The summed E-state index contributed by atoms with van der Waals surface area (Å²) in [6, 6.07) is 4.87. The molecule has 0 aliphatic heterocycles. The number of pyridine rings is 1. The van der Waals surface area contributed by atoms with Crippen molar-refractivity contribution in [1.29, 1.82) is 0 Å². The number of thioether (sulfide) groups is 1. The fourth-order valence-corrected chi connectivity index (χ4v) is 2.79. The van der Waals surface area contributed by atoms with Gasteiger partial charge in [0, 0.05) is 37.3 Å². The Morgan fingerprint density at radius 3 is 2.83 bits per heavy atom. The van der Waals surface area contributed by atoms with Crippen molar-refractivity contribution in [1.82, 2.24) is 10.3 Å². The van der Waals surface area contributed by atoms with Gasteiger partial charge in [0.15, 0.2) is 0 Å². The molecule has 0 aliphatic carbocycles. The topological polar surface area (TPSA) is 28.2 Å². The molecule has 0 saturated carbocycles. The van der Waals surface area contributed by atoms with Crippen LogP contribution in [0, 0.1) is 0 Å². The summed E-state index contributed by atoms with van der Waals surface area (Å²) in [7, 11) is 2.18. The van der Waals surface area contributed by atoms with E-state index in [2.05, 4.69) is 54.5 Å². The zero-order valence-electron chi connectivity index (χ0n) is 11.9. The van der Waals surface area contributed by atoms with E-state index in [4.69, 9.17) is 0 Å². The van der Waals surface area contributed by atoms with Gasteiger partial charge in [-0.25, -0.2) is 0 Å². The maximum atomic E-state index is 4.40. The first-order valence-electron chi connectivity index (χ1n) is 6.60. The molecule has 1 unspecified atom stereocenters. The Kier molecular flexibility index (Phi) is 7.13. The van der Waals surface area contributed by atoms with Crippen molar-refractivity contribution < 1.29 is 0 Å². The van der Waals surface area contributed by atoms with Crippen LogP contribution >= 0.6 is 11.8 Å². The quantitative estimate of drug-likeness (QED) is 0.784. The van der Waals surface area contributed by atoms with Gasteiger partial charge < -0.3 is 10.2 Å². The average Bonchev–Trinajstić information content (AvgIpc) is 2.42. The molecule has 0 saturated heterocycles. The monoisotopic (exact) mass is 267 g/mol. The summed E-state index contributed by atoms with van der Waals surface area (Å²) < 4.78 is 0. The van der Waals surface area contributed by atoms with Gasteiger partial charge in [-0.3, -0.25) is 4.98 Å². The minimum absolute atomic E-state index is 0.592. The molecule has 1 atom stereocenters. The Hall–Kier alpha value is -0.740. The van der Waals surface area contributed by atoms with Crippen LogP contribution in [0.2, 0.25) is 0 Å². The minimum Gasteiger partial charge on any atom is -0.371 e. The van der Waals surface area contributed by atoms with Gasteiger partial charge in [0.1, 0.15) is 0 Å². The first-order valence-corrected chi connectivity index (χ1v) is 7.99. The van der Waals surface area contributed by atoms with E-state index >= 15 is 0 Å². The van der Waals surface area contributed by atoms with Crippen LogP contribution in [0.4, 0.5) is 5.69 Å². The molecule has 0 spiro atoms. The van der Waals surface area contributed by atoms with Crippen LogP contribution in [-0.2, 0) is 6.54 Å². The molecule has 18 heavy (non-hydrogen) atoms. The number of anilines is 1. The molecule has 1 aromatic rings. The van der Waals surface area contributed by atoms with E-state index in [-0.39, 0.29) is 0 Å². The third-order valence-electron chi connectivity index (χ3n) is 3.14. The Morgan fingerprint density at radius 1 is 1.44 bits per heavy atom. The molecule has 0 bridgehead atoms. The van der Waals surface area contributed by atoms with E-state index in [0.29, 0.717) is 6.04 Å². The normalized spacial score (nSPS) is 12.4. The molecule has 0 aliphatic rings. The van der Waals surface area contributed by atoms with Crippen molar-refractivity contribution in [2.45, 2.75) is 32.9 Å². The van der Waals surface area contributed by atoms with Gasteiger partial charge in [-0.1, -0.05) is 13.8 Å². The molecular formula is C14H25N3S.